The molecule has 1 heterocycles. The third kappa shape index (κ3) is 1.82. The van der Waals surface area contributed by atoms with Crippen molar-refractivity contribution in [1.29, 1.82) is 0 Å². The number of hydrogen-bond donors (Lipinski definition) is 2. The molecule has 0 saturated heterocycles. The molecule has 4 nitrogen and oxygen atoms in total. The quantitative estimate of drug-likeness (QED) is 0.530. The van der Waals surface area contributed by atoms with Gasteiger partial charge in [0.1, 0.15) is 0 Å². The van der Waals surface area contributed by atoms with Gasteiger partial charge in [0.05, 0.1) is 0 Å². The van der Waals surface area contributed by atoms with Crippen molar-refractivity contribution in [1.82, 2.24) is 9.97 Å². The van der Waals surface area contributed by atoms with Crippen LogP contribution in [-0.4, -0.2) is 9.97 Å². The maximum atomic E-state index is 12.0. The number of halogens is 1. The van der Waals surface area contributed by atoms with Crippen LogP contribution in [0.15, 0.2) is 15.8 Å². The van der Waals surface area contributed by atoms with E-state index in [1.807, 2.05) is 4.98 Å². The van der Waals surface area contributed by atoms with Crippen LogP contribution in [0, 0.1) is 5.82 Å². The summed E-state index contributed by atoms with van der Waals surface area (Å²) in [6.07, 6.45) is 0.709. The maximum absolute atomic E-state index is 12.0. The number of aromatic nitrogens is 2. The standard InChI is InChI=1S/C4H3FN2O2.Cu/c5-2-1-6-4(9)7-3(2)8;/h1H,(H2,6,7,8,9);. The van der Waals surface area contributed by atoms with Crippen molar-refractivity contribution in [2.75, 3.05) is 0 Å². The van der Waals surface area contributed by atoms with Gasteiger partial charge in [0.15, 0.2) is 0 Å². The van der Waals surface area contributed by atoms with E-state index in [9.17, 15) is 14.0 Å². The van der Waals surface area contributed by atoms with Crippen molar-refractivity contribution in [3.63, 3.8) is 0 Å². The summed E-state index contributed by atoms with van der Waals surface area (Å²) >= 11 is 0. The molecule has 1 aromatic heterocycles. The van der Waals surface area contributed by atoms with Crippen LogP contribution in [-0.2, 0) is 17.1 Å². The molecule has 6 heteroatoms. The molecule has 0 atom stereocenters. The Morgan fingerprint density at radius 3 is 2.40 bits per heavy atom. The predicted octanol–water partition coefficient (Wildman–Crippen LogP) is -0.800. The maximum Gasteiger partial charge on any atom is 0.325 e. The third-order valence-corrected chi connectivity index (χ3v) is 0.774. The van der Waals surface area contributed by atoms with Crippen molar-refractivity contribution in [2.45, 2.75) is 0 Å². The first kappa shape index (κ1) is 9.13. The minimum atomic E-state index is -1.00. The normalized spacial score (nSPS) is 8.50. The van der Waals surface area contributed by atoms with E-state index in [0.717, 1.165) is 0 Å². The predicted molar refractivity (Wildman–Crippen MR) is 27.6 cm³/mol. The Bertz CT molecular complexity index is 318. The van der Waals surface area contributed by atoms with Gasteiger partial charge in [-0.15, -0.1) is 0 Å². The number of nitrogens with one attached hydrogen (secondary N) is 2. The number of aromatic amines is 2. The van der Waals surface area contributed by atoms with Crippen molar-refractivity contribution in [2.24, 2.45) is 0 Å². The molecule has 0 aliphatic carbocycles. The summed E-state index contributed by atoms with van der Waals surface area (Å²) in [6, 6.07) is 0. The molecule has 0 amide bonds. The average molecular weight is 194 g/mol. The minimum Gasteiger partial charge on any atom is -0.311 e. The van der Waals surface area contributed by atoms with E-state index in [1.165, 1.54) is 0 Å². The van der Waals surface area contributed by atoms with Crippen molar-refractivity contribution < 1.29 is 21.5 Å². The fourth-order valence-corrected chi connectivity index (χ4v) is 0.393. The molecule has 0 fully saturated rings. The second-order valence-corrected chi connectivity index (χ2v) is 1.42. The molecule has 0 saturated carbocycles. The molecule has 0 unspecified atom stereocenters. The van der Waals surface area contributed by atoms with Crippen molar-refractivity contribution >= 4 is 0 Å². The van der Waals surface area contributed by atoms with Gasteiger partial charge in [-0.3, -0.25) is 9.78 Å². The Morgan fingerprint density at radius 1 is 1.40 bits per heavy atom. The average Bonchev–Trinajstić information content (AvgIpc) is 1.80. The van der Waals surface area contributed by atoms with Gasteiger partial charge in [-0.2, -0.15) is 4.39 Å². The van der Waals surface area contributed by atoms with E-state index >= 15 is 0 Å². The summed E-state index contributed by atoms with van der Waals surface area (Å²) in [5, 5.41) is 0. The first-order chi connectivity index (χ1) is 4.20. The van der Waals surface area contributed by atoms with Gasteiger partial charge in [0, 0.05) is 23.3 Å². The molecule has 0 spiro atoms. The molecular weight excluding hydrogens is 191 g/mol. The number of H-pyrrole nitrogens is 2. The summed E-state index contributed by atoms with van der Waals surface area (Å²) in [6.45, 7) is 0. The Balaban J connectivity index is 0.000000810. The van der Waals surface area contributed by atoms with Crippen LogP contribution >= 0.6 is 0 Å². The van der Waals surface area contributed by atoms with Gasteiger partial charge < -0.3 is 4.98 Å². The first-order valence-electron chi connectivity index (χ1n) is 2.17. The summed E-state index contributed by atoms with van der Waals surface area (Å²) in [5.74, 6) is -0.991. The van der Waals surface area contributed by atoms with Gasteiger partial charge in [0.2, 0.25) is 5.82 Å². The second kappa shape index (κ2) is 3.34. The summed E-state index contributed by atoms with van der Waals surface area (Å²) in [5.41, 5.74) is -1.71. The van der Waals surface area contributed by atoms with Crippen LogP contribution in [0.2, 0.25) is 0 Å². The molecule has 0 aliphatic heterocycles. The van der Waals surface area contributed by atoms with Crippen LogP contribution in [0.5, 0.6) is 0 Å². The van der Waals surface area contributed by atoms with Crippen LogP contribution in [0.3, 0.4) is 0 Å². The largest absolute Gasteiger partial charge is 0.325 e. The molecule has 2 N–H and O–H groups in total. The molecule has 0 aliphatic rings. The Kier molecular flexibility index (Phi) is 3.05. The van der Waals surface area contributed by atoms with Crippen LogP contribution in [0.1, 0.15) is 0 Å². The van der Waals surface area contributed by atoms with Gasteiger partial charge >= 0.3 is 5.69 Å². The number of hydrogen-bond acceptors (Lipinski definition) is 2. The SMILES string of the molecule is O=c1[nH]cc(F)c(=O)[nH]1.[Cu]. The zero-order chi connectivity index (χ0) is 6.85. The topological polar surface area (TPSA) is 65.7 Å². The van der Waals surface area contributed by atoms with E-state index in [2.05, 4.69) is 0 Å². The van der Waals surface area contributed by atoms with Gasteiger partial charge in [-0.25, -0.2) is 4.79 Å². The monoisotopic (exact) mass is 193 g/mol. The first-order valence-corrected chi connectivity index (χ1v) is 2.17. The third-order valence-electron chi connectivity index (χ3n) is 0.774. The summed E-state index contributed by atoms with van der Waals surface area (Å²) in [4.78, 5) is 24.0. The molecule has 0 bridgehead atoms. The van der Waals surface area contributed by atoms with E-state index < -0.39 is 17.1 Å². The Hall–Kier alpha value is -0.871. The van der Waals surface area contributed by atoms with E-state index in [0.29, 0.717) is 6.20 Å². The van der Waals surface area contributed by atoms with Gasteiger partial charge in [0.25, 0.3) is 5.56 Å². The van der Waals surface area contributed by atoms with E-state index in [-0.39, 0.29) is 17.1 Å². The molecule has 10 heavy (non-hydrogen) atoms. The van der Waals surface area contributed by atoms with Gasteiger partial charge in [-0.05, 0) is 0 Å². The second-order valence-electron chi connectivity index (χ2n) is 1.42. The van der Waals surface area contributed by atoms with Crippen LogP contribution in [0.25, 0.3) is 0 Å². The van der Waals surface area contributed by atoms with Crippen LogP contribution < -0.4 is 11.2 Å². The molecular formula is C4H3CuFN2O2. The van der Waals surface area contributed by atoms with Crippen molar-refractivity contribution in [3.8, 4) is 0 Å². The fourth-order valence-electron chi connectivity index (χ4n) is 0.393. The summed E-state index contributed by atoms with van der Waals surface area (Å²) in [7, 11) is 0. The Labute approximate surface area is 65.0 Å². The molecule has 1 rings (SSSR count). The minimum absolute atomic E-state index is 0. The van der Waals surface area contributed by atoms with Crippen LogP contribution in [0.4, 0.5) is 4.39 Å². The van der Waals surface area contributed by atoms with E-state index in [4.69, 9.17) is 0 Å². The van der Waals surface area contributed by atoms with Gasteiger partial charge in [-0.1, -0.05) is 0 Å². The zero-order valence-corrected chi connectivity index (χ0v) is 5.51. The van der Waals surface area contributed by atoms with E-state index in [1.54, 1.807) is 4.98 Å². The Morgan fingerprint density at radius 2 is 2.00 bits per heavy atom. The smallest absolute Gasteiger partial charge is 0.311 e. The number of rotatable bonds is 0. The zero-order valence-electron chi connectivity index (χ0n) is 4.57. The molecule has 1 aromatic rings. The van der Waals surface area contributed by atoms with Crippen molar-refractivity contribution in [3.05, 3.63) is 32.9 Å². The summed E-state index contributed by atoms with van der Waals surface area (Å²) < 4.78 is 12.0. The molecule has 59 valence electrons. The fraction of sp³-hybridized carbons (Fsp3) is 0. The molecule has 1 radical (unpaired) electrons. The molecule has 0 aromatic carbocycles.